The van der Waals surface area contributed by atoms with E-state index in [2.05, 4.69) is 0 Å². The second-order valence-electron chi connectivity index (χ2n) is 5.66. The number of halogens is 2. The zero-order chi connectivity index (χ0) is 19.6. The number of phenolic OH excluding ortho intramolecular Hbond substituents is 1. The van der Waals surface area contributed by atoms with E-state index in [-0.39, 0.29) is 17.5 Å². The molecule has 3 rings (SSSR count). The van der Waals surface area contributed by atoms with Gasteiger partial charge in [0.25, 0.3) is 11.1 Å². The highest BCUT2D eigenvalue weighted by atomic mass is 35.5. The highest BCUT2D eigenvalue weighted by Gasteiger charge is 2.35. The fraction of sp³-hybridized carbons (Fsp3) is 0.158. The number of phenols is 1. The van der Waals surface area contributed by atoms with Crippen LogP contribution in [0.1, 0.15) is 18.1 Å². The van der Waals surface area contributed by atoms with Crippen LogP contribution in [0.3, 0.4) is 0 Å². The summed E-state index contributed by atoms with van der Waals surface area (Å²) in [5, 5.41) is 10.3. The topological polar surface area (TPSA) is 66.8 Å². The molecule has 8 heteroatoms. The highest BCUT2D eigenvalue weighted by molar-refractivity contribution is 8.18. The van der Waals surface area contributed by atoms with Gasteiger partial charge in [-0.1, -0.05) is 35.3 Å². The molecule has 1 aliphatic rings. The van der Waals surface area contributed by atoms with E-state index in [1.54, 1.807) is 43.3 Å². The van der Waals surface area contributed by atoms with Crippen molar-refractivity contribution in [3.05, 3.63) is 62.5 Å². The van der Waals surface area contributed by atoms with Crippen molar-refractivity contribution in [1.82, 2.24) is 4.90 Å². The summed E-state index contributed by atoms with van der Waals surface area (Å²) in [6.07, 6.45) is 1.59. The Morgan fingerprint density at radius 2 is 1.96 bits per heavy atom. The van der Waals surface area contributed by atoms with Crippen LogP contribution in [0.2, 0.25) is 10.0 Å². The smallest absolute Gasteiger partial charge is 0.293 e. The van der Waals surface area contributed by atoms with Gasteiger partial charge in [0.1, 0.15) is 0 Å². The number of ether oxygens (including phenoxy) is 1. The monoisotopic (exact) mass is 423 g/mol. The number of benzene rings is 2. The van der Waals surface area contributed by atoms with Gasteiger partial charge in [0.2, 0.25) is 0 Å². The molecule has 1 fully saturated rings. The average molecular weight is 424 g/mol. The molecule has 0 aromatic heterocycles. The molecule has 0 bridgehead atoms. The van der Waals surface area contributed by atoms with E-state index in [0.717, 1.165) is 16.7 Å². The first-order valence-corrected chi connectivity index (χ1v) is 9.61. The molecule has 27 heavy (non-hydrogen) atoms. The Labute approximate surface area is 170 Å². The number of amides is 2. The number of rotatable bonds is 5. The lowest BCUT2D eigenvalue weighted by atomic mass is 10.1. The number of carbonyl (C=O) groups is 2. The molecular formula is C19H15Cl2NO4S. The van der Waals surface area contributed by atoms with Crippen LogP contribution in [-0.4, -0.2) is 27.8 Å². The number of aromatic hydroxyl groups is 1. The molecule has 2 aromatic rings. The molecule has 5 nitrogen and oxygen atoms in total. The number of thioether (sulfide) groups is 1. The Morgan fingerprint density at radius 1 is 1.19 bits per heavy atom. The predicted octanol–water partition coefficient (Wildman–Crippen LogP) is 5.33. The molecule has 1 aliphatic heterocycles. The normalized spacial score (nSPS) is 15.7. The highest BCUT2D eigenvalue weighted by Crippen LogP contribution is 2.35. The summed E-state index contributed by atoms with van der Waals surface area (Å²) >= 11 is 12.9. The lowest BCUT2D eigenvalue weighted by molar-refractivity contribution is -0.123. The number of carbonyl (C=O) groups excluding carboxylic acids is 2. The van der Waals surface area contributed by atoms with Crippen LogP contribution in [0.15, 0.2) is 41.3 Å². The molecule has 0 aliphatic carbocycles. The molecule has 1 N–H and O–H groups in total. The number of hydrogen-bond donors (Lipinski definition) is 1. The molecule has 140 valence electrons. The quantitative estimate of drug-likeness (QED) is 0.657. The summed E-state index contributed by atoms with van der Waals surface area (Å²) in [5.74, 6) is -0.0695. The molecule has 0 saturated carbocycles. The Bertz CT molecular complexity index is 945. The van der Waals surface area contributed by atoms with Gasteiger partial charge < -0.3 is 9.84 Å². The molecule has 2 aromatic carbocycles. The Morgan fingerprint density at radius 3 is 2.67 bits per heavy atom. The molecule has 1 saturated heterocycles. The Kier molecular flexibility index (Phi) is 5.99. The molecular weight excluding hydrogens is 409 g/mol. The SMILES string of the molecule is CCOc1cc(/C=C2\SC(=O)N(Cc3ccc(Cl)cc3Cl)C2=O)ccc1O. The van der Waals surface area contributed by atoms with E-state index in [1.165, 1.54) is 6.07 Å². The van der Waals surface area contributed by atoms with E-state index < -0.39 is 5.91 Å². The summed E-state index contributed by atoms with van der Waals surface area (Å²) in [5.41, 5.74) is 1.28. The van der Waals surface area contributed by atoms with Gasteiger partial charge in [-0.2, -0.15) is 0 Å². The first-order valence-electron chi connectivity index (χ1n) is 8.04. The van der Waals surface area contributed by atoms with Crippen LogP contribution < -0.4 is 4.74 Å². The van der Waals surface area contributed by atoms with Gasteiger partial charge in [0.15, 0.2) is 11.5 Å². The molecule has 0 unspecified atom stereocenters. The van der Waals surface area contributed by atoms with E-state index in [4.69, 9.17) is 27.9 Å². The molecule has 2 amide bonds. The first kappa shape index (κ1) is 19.6. The summed E-state index contributed by atoms with van der Waals surface area (Å²) in [7, 11) is 0. The molecule has 0 radical (unpaired) electrons. The second kappa shape index (κ2) is 8.25. The molecule has 0 atom stereocenters. The summed E-state index contributed by atoms with van der Waals surface area (Å²) in [4.78, 5) is 26.4. The van der Waals surface area contributed by atoms with Crippen molar-refractivity contribution in [2.45, 2.75) is 13.5 Å². The van der Waals surface area contributed by atoms with Gasteiger partial charge in [0.05, 0.1) is 18.1 Å². The van der Waals surface area contributed by atoms with Crippen LogP contribution in [0.25, 0.3) is 6.08 Å². The van der Waals surface area contributed by atoms with Gasteiger partial charge in [-0.25, -0.2) is 0 Å². The van der Waals surface area contributed by atoms with Gasteiger partial charge in [-0.15, -0.1) is 0 Å². The maximum Gasteiger partial charge on any atom is 0.293 e. The molecule has 1 heterocycles. The minimum Gasteiger partial charge on any atom is -0.504 e. The van der Waals surface area contributed by atoms with E-state index in [1.807, 2.05) is 0 Å². The largest absolute Gasteiger partial charge is 0.504 e. The Hall–Kier alpha value is -2.15. The number of hydrogen-bond acceptors (Lipinski definition) is 5. The van der Waals surface area contributed by atoms with Crippen LogP contribution in [-0.2, 0) is 11.3 Å². The number of imide groups is 1. The van der Waals surface area contributed by atoms with Gasteiger partial charge in [-0.05, 0) is 60.2 Å². The van der Waals surface area contributed by atoms with Gasteiger partial charge in [-0.3, -0.25) is 14.5 Å². The van der Waals surface area contributed by atoms with Crippen LogP contribution >= 0.6 is 35.0 Å². The van der Waals surface area contributed by atoms with E-state index in [9.17, 15) is 14.7 Å². The fourth-order valence-electron chi connectivity index (χ4n) is 2.50. The van der Waals surface area contributed by atoms with Gasteiger partial charge in [0, 0.05) is 10.0 Å². The summed E-state index contributed by atoms with van der Waals surface area (Å²) in [6, 6.07) is 9.65. The van der Waals surface area contributed by atoms with Crippen molar-refractivity contribution in [1.29, 1.82) is 0 Å². The third-order valence-electron chi connectivity index (χ3n) is 3.80. The zero-order valence-corrected chi connectivity index (χ0v) is 16.6. The Balaban J connectivity index is 1.83. The van der Waals surface area contributed by atoms with Crippen LogP contribution in [0, 0.1) is 0 Å². The van der Waals surface area contributed by atoms with Crippen LogP contribution in [0.5, 0.6) is 11.5 Å². The lowest BCUT2D eigenvalue weighted by Crippen LogP contribution is -2.27. The average Bonchev–Trinajstić information content (AvgIpc) is 2.87. The fourth-order valence-corrected chi connectivity index (χ4v) is 3.81. The predicted molar refractivity (Wildman–Crippen MR) is 107 cm³/mol. The maximum atomic E-state index is 12.6. The lowest BCUT2D eigenvalue weighted by Gasteiger charge is -2.13. The van der Waals surface area contributed by atoms with Gasteiger partial charge >= 0.3 is 0 Å². The third-order valence-corrected chi connectivity index (χ3v) is 5.29. The summed E-state index contributed by atoms with van der Waals surface area (Å²) < 4.78 is 5.34. The zero-order valence-electron chi connectivity index (χ0n) is 14.2. The van der Waals surface area contributed by atoms with E-state index >= 15 is 0 Å². The van der Waals surface area contributed by atoms with Crippen molar-refractivity contribution >= 4 is 52.2 Å². The molecule has 0 spiro atoms. The second-order valence-corrected chi connectivity index (χ2v) is 7.50. The maximum absolute atomic E-state index is 12.6. The van der Waals surface area contributed by atoms with Crippen molar-refractivity contribution in [3.63, 3.8) is 0 Å². The summed E-state index contributed by atoms with van der Waals surface area (Å²) in [6.45, 7) is 2.27. The third kappa shape index (κ3) is 4.40. The minimum atomic E-state index is -0.401. The van der Waals surface area contributed by atoms with Crippen LogP contribution in [0.4, 0.5) is 4.79 Å². The van der Waals surface area contributed by atoms with Crippen molar-refractivity contribution < 1.29 is 19.4 Å². The first-order chi connectivity index (χ1) is 12.9. The number of nitrogens with zero attached hydrogens (tertiary/aromatic N) is 1. The standard InChI is InChI=1S/C19H15Cl2NO4S/c1-2-26-16-7-11(3-6-15(16)23)8-17-18(24)22(19(25)27-17)10-12-4-5-13(20)9-14(12)21/h3-9,23H,2,10H2,1H3/b17-8-. The van der Waals surface area contributed by atoms with Crippen molar-refractivity contribution in [2.75, 3.05) is 6.61 Å². The minimum absolute atomic E-state index is 0.0134. The van der Waals surface area contributed by atoms with Crippen molar-refractivity contribution in [2.24, 2.45) is 0 Å². The van der Waals surface area contributed by atoms with Crippen molar-refractivity contribution in [3.8, 4) is 11.5 Å². The van der Waals surface area contributed by atoms with E-state index in [0.29, 0.717) is 38.4 Å².